The molecule has 4 aliphatic carbocycles. The van der Waals surface area contributed by atoms with Gasteiger partial charge in [-0.2, -0.15) is 5.26 Å². The maximum Gasteiger partial charge on any atom is 0.314 e. The molecule has 0 spiro atoms. The van der Waals surface area contributed by atoms with Crippen LogP contribution in [0.5, 0.6) is 0 Å². The highest BCUT2D eigenvalue weighted by Gasteiger charge is 2.68. The number of carbonyl (C=O) groups excluding carboxylic acids is 2. The zero-order valence-corrected chi connectivity index (χ0v) is 22.3. The van der Waals surface area contributed by atoms with Crippen molar-refractivity contribution in [2.24, 2.45) is 29.4 Å². The van der Waals surface area contributed by atoms with Gasteiger partial charge in [-0.1, -0.05) is 50.6 Å². The Kier molecular flexibility index (Phi) is 6.79. The van der Waals surface area contributed by atoms with Crippen LogP contribution in [0.25, 0.3) is 0 Å². The van der Waals surface area contributed by atoms with E-state index in [1.54, 1.807) is 0 Å². The summed E-state index contributed by atoms with van der Waals surface area (Å²) in [4.78, 5) is 27.1. The van der Waals surface area contributed by atoms with Gasteiger partial charge in [-0.15, -0.1) is 0 Å². The molecule has 1 aliphatic heterocycles. The first-order chi connectivity index (χ1) is 17.3. The predicted octanol–water partition coefficient (Wildman–Crippen LogP) is 5.62. The van der Waals surface area contributed by atoms with E-state index in [9.17, 15) is 14.9 Å². The lowest BCUT2D eigenvalue weighted by molar-refractivity contribution is -0.916. The van der Waals surface area contributed by atoms with Crippen molar-refractivity contribution >= 4 is 11.8 Å². The monoisotopic (exact) mass is 490 g/mol. The van der Waals surface area contributed by atoms with Crippen LogP contribution in [-0.4, -0.2) is 34.4 Å². The number of nitrogens with two attached hydrogens (primary N) is 1. The van der Waals surface area contributed by atoms with E-state index >= 15 is 0 Å². The molecule has 5 fully saturated rings. The summed E-state index contributed by atoms with van der Waals surface area (Å²) in [6, 6.07) is 12.4. The molecule has 194 valence electrons. The summed E-state index contributed by atoms with van der Waals surface area (Å²) in [7, 11) is 0. The summed E-state index contributed by atoms with van der Waals surface area (Å²) in [6.07, 6.45) is 11.8. The minimum absolute atomic E-state index is 0.0690. The number of primary amides is 1. The topological polar surface area (TPSA) is 83.9 Å². The number of benzene rings is 1. The van der Waals surface area contributed by atoms with Crippen LogP contribution in [0, 0.1) is 35.0 Å². The molecule has 0 radical (unpaired) electrons. The lowest BCUT2D eigenvalue weighted by atomic mass is 9.51. The molecular weight excluding hydrogens is 446 g/mol. The van der Waals surface area contributed by atoms with Gasteiger partial charge in [0.15, 0.2) is 6.04 Å². The van der Waals surface area contributed by atoms with Crippen LogP contribution >= 0.6 is 0 Å². The number of rotatable bonds is 9. The molecule has 1 saturated heterocycles. The highest BCUT2D eigenvalue weighted by molar-refractivity contribution is 5.82. The van der Waals surface area contributed by atoms with Gasteiger partial charge in [0, 0.05) is 32.1 Å². The van der Waals surface area contributed by atoms with E-state index in [4.69, 9.17) is 5.73 Å². The Hall–Kier alpha value is -2.19. The molecule has 6 rings (SSSR count). The van der Waals surface area contributed by atoms with Gasteiger partial charge in [0.05, 0.1) is 24.4 Å². The van der Waals surface area contributed by atoms with Gasteiger partial charge in [-0.3, -0.25) is 4.79 Å². The quantitative estimate of drug-likeness (QED) is 0.360. The van der Waals surface area contributed by atoms with E-state index < -0.39 is 5.41 Å². The normalized spacial score (nSPS) is 36.5. The van der Waals surface area contributed by atoms with Crippen molar-refractivity contribution in [2.45, 2.75) is 108 Å². The first kappa shape index (κ1) is 25.5. The summed E-state index contributed by atoms with van der Waals surface area (Å²) in [5.41, 5.74) is 6.47. The minimum atomic E-state index is -0.542. The molecule has 36 heavy (non-hydrogen) atoms. The van der Waals surface area contributed by atoms with Crippen LogP contribution in [0.15, 0.2) is 30.3 Å². The predicted molar refractivity (Wildman–Crippen MR) is 140 cm³/mol. The molecule has 5 nitrogen and oxygen atoms in total. The van der Waals surface area contributed by atoms with Gasteiger partial charge in [-0.25, -0.2) is 9.28 Å². The van der Waals surface area contributed by atoms with Crippen molar-refractivity contribution in [3.63, 3.8) is 0 Å². The molecule has 1 unspecified atom stereocenters. The maximum atomic E-state index is 14.3. The Bertz CT molecular complexity index is 993. The Morgan fingerprint density at radius 3 is 2.22 bits per heavy atom. The number of hydrogen-bond donors (Lipinski definition) is 1. The number of unbranched alkanes of at least 4 members (excludes halogenated alkanes) is 1. The average Bonchev–Trinajstić information content (AvgIpc) is 3.31. The van der Waals surface area contributed by atoms with Gasteiger partial charge < -0.3 is 5.73 Å². The Morgan fingerprint density at radius 2 is 1.69 bits per heavy atom. The minimum Gasteiger partial charge on any atom is -0.364 e. The van der Waals surface area contributed by atoms with Crippen molar-refractivity contribution in [1.82, 2.24) is 0 Å². The van der Waals surface area contributed by atoms with Crippen molar-refractivity contribution in [2.75, 3.05) is 6.54 Å². The summed E-state index contributed by atoms with van der Waals surface area (Å²) >= 11 is 0. The molecule has 3 atom stereocenters. The van der Waals surface area contributed by atoms with Gasteiger partial charge in [0.1, 0.15) is 5.54 Å². The fraction of sp³-hybridized carbons (Fsp3) is 0.710. The van der Waals surface area contributed by atoms with Gasteiger partial charge in [-0.05, 0) is 61.3 Å². The Labute approximate surface area is 217 Å². The van der Waals surface area contributed by atoms with Gasteiger partial charge >= 0.3 is 5.91 Å². The van der Waals surface area contributed by atoms with Crippen LogP contribution < -0.4 is 5.73 Å². The Balaban J connectivity index is 1.35. The van der Waals surface area contributed by atoms with Crippen LogP contribution in [0.1, 0.15) is 96.5 Å². The van der Waals surface area contributed by atoms with E-state index in [0.717, 1.165) is 81.2 Å². The third-order valence-corrected chi connectivity index (χ3v) is 10.8. The molecule has 5 heteroatoms. The summed E-state index contributed by atoms with van der Waals surface area (Å²) in [5.74, 6) is 2.34. The number of quaternary nitrogens is 1. The van der Waals surface area contributed by atoms with Crippen LogP contribution in [-0.2, 0) is 15.0 Å². The molecule has 4 saturated carbocycles. The lowest BCUT2D eigenvalue weighted by Crippen LogP contribution is -2.75. The van der Waals surface area contributed by atoms with Crippen molar-refractivity contribution in [3.8, 4) is 6.07 Å². The van der Waals surface area contributed by atoms with Crippen molar-refractivity contribution in [3.05, 3.63) is 35.9 Å². The maximum absolute atomic E-state index is 14.3. The first-order valence-electron chi connectivity index (χ1n) is 14.4. The smallest absolute Gasteiger partial charge is 0.314 e. The zero-order valence-electron chi connectivity index (χ0n) is 22.3. The molecule has 2 N–H and O–H groups in total. The van der Waals surface area contributed by atoms with E-state index in [-0.39, 0.29) is 29.3 Å². The second-order valence-electron chi connectivity index (χ2n) is 13.0. The average molecular weight is 491 g/mol. The van der Waals surface area contributed by atoms with Crippen molar-refractivity contribution in [1.29, 1.82) is 5.26 Å². The number of nitriles is 1. The molecule has 5 aliphatic rings. The molecule has 4 bridgehead atoms. The standard InChI is InChI=1S/C31H43N3O2/c1-22(2)31(21-32,26-9-4-3-5-10-26)13-7-6-12-28(35)34(14-8-11-27(34)29(33)36)30-18-23-15-24(19-30)17-25(16-23)20-30/h3-5,9-10,22-25,27H,6-8,11-20H2,1-2H3,(H-,33,36)/p+1/t23?,24?,25?,27?,30?,31-,34-/m0/s1. The third kappa shape index (κ3) is 3.92. The number of hydrogen-bond acceptors (Lipinski definition) is 3. The van der Waals surface area contributed by atoms with Crippen LogP contribution in [0.4, 0.5) is 0 Å². The SMILES string of the molecule is CC(C)[C@@](C#N)(CCCCC(=O)[N@+]1(C23CC4CC(CC(C4)C2)C3)CCCC1C(N)=O)c1ccccc1. The summed E-state index contributed by atoms with van der Waals surface area (Å²) in [5, 5.41) is 10.2. The summed E-state index contributed by atoms with van der Waals surface area (Å²) in [6.45, 7) is 5.03. The zero-order chi connectivity index (χ0) is 25.6. The highest BCUT2D eigenvalue weighted by atomic mass is 16.2. The first-order valence-corrected chi connectivity index (χ1v) is 14.4. The summed E-state index contributed by atoms with van der Waals surface area (Å²) < 4.78 is 0.359. The fourth-order valence-electron chi connectivity index (χ4n) is 9.59. The van der Waals surface area contributed by atoms with E-state index in [1.165, 1.54) is 19.3 Å². The number of carbonyl (C=O) groups is 2. The lowest BCUT2D eigenvalue weighted by Gasteiger charge is -2.63. The van der Waals surface area contributed by atoms with Crippen molar-refractivity contribution < 1.29 is 14.1 Å². The van der Waals surface area contributed by atoms with E-state index in [2.05, 4.69) is 32.0 Å². The fourth-order valence-corrected chi connectivity index (χ4v) is 9.59. The van der Waals surface area contributed by atoms with Crippen LogP contribution in [0.2, 0.25) is 0 Å². The number of amides is 2. The largest absolute Gasteiger partial charge is 0.364 e. The third-order valence-electron chi connectivity index (χ3n) is 10.8. The molecular formula is C31H44N3O2+. The molecule has 1 aromatic rings. The van der Waals surface area contributed by atoms with E-state index in [1.807, 2.05) is 18.2 Å². The number of likely N-dealkylation sites (tertiary alicyclic amines) is 1. The highest BCUT2D eigenvalue weighted by Crippen LogP contribution is 2.61. The number of nitrogens with zero attached hydrogens (tertiary/aromatic N) is 2. The van der Waals surface area contributed by atoms with E-state index in [0.29, 0.717) is 10.9 Å². The van der Waals surface area contributed by atoms with Gasteiger partial charge in [0.25, 0.3) is 5.91 Å². The second-order valence-corrected chi connectivity index (χ2v) is 13.0. The van der Waals surface area contributed by atoms with Crippen LogP contribution in [0.3, 0.4) is 0 Å². The molecule has 1 heterocycles. The molecule has 1 aromatic carbocycles. The second kappa shape index (κ2) is 9.60. The molecule has 2 amide bonds. The molecule has 0 aromatic heterocycles. The van der Waals surface area contributed by atoms with Gasteiger partial charge in [0.2, 0.25) is 0 Å². The Morgan fingerprint density at radius 1 is 1.08 bits per heavy atom.